The van der Waals surface area contributed by atoms with Gasteiger partial charge in [0.05, 0.1) is 6.10 Å². The molecule has 0 N–H and O–H groups in total. The number of unbranched alkanes of at least 4 members (excludes halogenated alkanes) is 1. The summed E-state index contributed by atoms with van der Waals surface area (Å²) in [6, 6.07) is 11.4. The quantitative estimate of drug-likeness (QED) is 0.300. The molecule has 1 nitrogen and oxygen atoms in total. The molecule has 1 aliphatic carbocycles. The molecule has 2 aromatic rings. The molecule has 0 saturated heterocycles. The Balaban J connectivity index is 1.63. The SMILES string of the molecule is C/C=C/CCc1ccc(-c2ccc(C3CCC(OCCCC)CC3)cc2)c(F)c1F. The third kappa shape index (κ3) is 5.78. The lowest BCUT2D eigenvalue weighted by atomic mass is 9.82. The predicted molar refractivity (Wildman–Crippen MR) is 121 cm³/mol. The Kier molecular flexibility index (Phi) is 8.62. The van der Waals surface area contributed by atoms with Crippen molar-refractivity contribution in [3.8, 4) is 11.1 Å². The van der Waals surface area contributed by atoms with Gasteiger partial charge in [0.15, 0.2) is 11.6 Å². The first kappa shape index (κ1) is 22.7. The van der Waals surface area contributed by atoms with Crippen LogP contribution in [-0.2, 0) is 11.2 Å². The molecule has 162 valence electrons. The Bertz CT molecular complexity index is 818. The van der Waals surface area contributed by atoms with E-state index in [-0.39, 0.29) is 0 Å². The number of benzene rings is 2. The van der Waals surface area contributed by atoms with Gasteiger partial charge < -0.3 is 4.74 Å². The predicted octanol–water partition coefficient (Wildman–Crippen LogP) is 7.98. The molecule has 3 heteroatoms. The summed E-state index contributed by atoms with van der Waals surface area (Å²) in [4.78, 5) is 0. The Morgan fingerprint density at radius 1 is 0.967 bits per heavy atom. The van der Waals surface area contributed by atoms with Crippen LogP contribution >= 0.6 is 0 Å². The first-order valence-corrected chi connectivity index (χ1v) is 11.4. The fourth-order valence-corrected chi connectivity index (χ4v) is 4.30. The van der Waals surface area contributed by atoms with E-state index in [0.717, 1.165) is 44.3 Å². The standard InChI is InChI=1S/C27H34F2O/c1-3-5-7-8-23-15-18-25(27(29)26(23)28)22-11-9-20(10-12-22)21-13-16-24(17-14-21)30-19-6-4-2/h3,5,9-12,15,18,21,24H,4,6-8,13-14,16-17,19H2,1-2H3/b5-3+. The molecule has 0 unspecified atom stereocenters. The molecule has 30 heavy (non-hydrogen) atoms. The normalized spacial score (nSPS) is 19.5. The minimum Gasteiger partial charge on any atom is -0.378 e. The molecular formula is C27H34F2O. The van der Waals surface area contributed by atoms with Crippen molar-refractivity contribution in [2.24, 2.45) is 0 Å². The highest BCUT2D eigenvalue weighted by molar-refractivity contribution is 5.65. The van der Waals surface area contributed by atoms with E-state index in [1.54, 1.807) is 12.1 Å². The minimum absolute atomic E-state index is 0.335. The molecule has 0 amide bonds. The van der Waals surface area contributed by atoms with Gasteiger partial charge in [0.25, 0.3) is 0 Å². The van der Waals surface area contributed by atoms with Gasteiger partial charge in [-0.05, 0) is 74.5 Å². The monoisotopic (exact) mass is 412 g/mol. The number of hydrogen-bond acceptors (Lipinski definition) is 1. The smallest absolute Gasteiger partial charge is 0.166 e. The van der Waals surface area contributed by atoms with Crippen molar-refractivity contribution in [2.45, 2.75) is 77.2 Å². The number of hydrogen-bond donors (Lipinski definition) is 0. The van der Waals surface area contributed by atoms with E-state index < -0.39 is 11.6 Å². The van der Waals surface area contributed by atoms with Crippen molar-refractivity contribution in [3.63, 3.8) is 0 Å². The average Bonchev–Trinajstić information content (AvgIpc) is 2.78. The molecule has 1 saturated carbocycles. The highest BCUT2D eigenvalue weighted by atomic mass is 19.2. The van der Waals surface area contributed by atoms with E-state index in [9.17, 15) is 8.78 Å². The van der Waals surface area contributed by atoms with E-state index in [2.05, 4.69) is 19.1 Å². The van der Waals surface area contributed by atoms with Crippen molar-refractivity contribution in [2.75, 3.05) is 6.61 Å². The van der Waals surface area contributed by atoms with Crippen LogP contribution in [0.5, 0.6) is 0 Å². The Morgan fingerprint density at radius 3 is 2.37 bits per heavy atom. The van der Waals surface area contributed by atoms with Crippen LogP contribution in [0.4, 0.5) is 8.78 Å². The summed E-state index contributed by atoms with van der Waals surface area (Å²) >= 11 is 0. The van der Waals surface area contributed by atoms with Gasteiger partial charge in [-0.1, -0.05) is 61.9 Å². The number of halogens is 2. The highest BCUT2D eigenvalue weighted by Crippen LogP contribution is 2.35. The zero-order valence-corrected chi connectivity index (χ0v) is 18.3. The van der Waals surface area contributed by atoms with Crippen molar-refractivity contribution >= 4 is 0 Å². The third-order valence-electron chi connectivity index (χ3n) is 6.20. The Labute approximate surface area is 180 Å². The lowest BCUT2D eigenvalue weighted by molar-refractivity contribution is 0.0232. The second kappa shape index (κ2) is 11.4. The van der Waals surface area contributed by atoms with Crippen LogP contribution in [0.3, 0.4) is 0 Å². The van der Waals surface area contributed by atoms with Crippen LogP contribution in [0.2, 0.25) is 0 Å². The summed E-state index contributed by atoms with van der Waals surface area (Å²) in [5.41, 5.74) is 2.78. The summed E-state index contributed by atoms with van der Waals surface area (Å²) < 4.78 is 35.1. The largest absolute Gasteiger partial charge is 0.378 e. The second-order valence-corrected chi connectivity index (χ2v) is 8.33. The zero-order chi connectivity index (χ0) is 21.3. The van der Waals surface area contributed by atoms with E-state index in [4.69, 9.17) is 4.74 Å². The van der Waals surface area contributed by atoms with Gasteiger partial charge in [0, 0.05) is 12.2 Å². The maximum absolute atomic E-state index is 14.7. The first-order chi connectivity index (χ1) is 14.6. The number of ether oxygens (including phenoxy) is 1. The molecule has 0 radical (unpaired) electrons. The van der Waals surface area contributed by atoms with Crippen molar-refractivity contribution < 1.29 is 13.5 Å². The van der Waals surface area contributed by atoms with Gasteiger partial charge in [-0.2, -0.15) is 0 Å². The summed E-state index contributed by atoms with van der Waals surface area (Å²) in [5.74, 6) is -0.936. The van der Waals surface area contributed by atoms with E-state index in [1.807, 2.05) is 31.2 Å². The van der Waals surface area contributed by atoms with E-state index in [0.29, 0.717) is 36.0 Å². The molecule has 0 atom stereocenters. The molecule has 2 aromatic carbocycles. The minimum atomic E-state index is -0.745. The van der Waals surface area contributed by atoms with Gasteiger partial charge in [0.2, 0.25) is 0 Å². The Hall–Kier alpha value is -2.00. The molecule has 1 aliphatic rings. The second-order valence-electron chi connectivity index (χ2n) is 8.33. The van der Waals surface area contributed by atoms with Crippen LogP contribution < -0.4 is 0 Å². The van der Waals surface area contributed by atoms with Crippen LogP contribution in [0.15, 0.2) is 48.6 Å². The van der Waals surface area contributed by atoms with Crippen molar-refractivity contribution in [1.29, 1.82) is 0 Å². The van der Waals surface area contributed by atoms with Crippen molar-refractivity contribution in [1.82, 2.24) is 0 Å². The Morgan fingerprint density at radius 2 is 1.70 bits per heavy atom. The van der Waals surface area contributed by atoms with Crippen LogP contribution in [0, 0.1) is 11.6 Å². The highest BCUT2D eigenvalue weighted by Gasteiger charge is 2.23. The number of aryl methyl sites for hydroxylation is 1. The fraction of sp³-hybridized carbons (Fsp3) is 0.481. The molecule has 3 rings (SSSR count). The van der Waals surface area contributed by atoms with Gasteiger partial charge in [-0.15, -0.1) is 0 Å². The summed E-state index contributed by atoms with van der Waals surface area (Å²) in [5, 5.41) is 0. The third-order valence-corrected chi connectivity index (χ3v) is 6.20. The molecule has 0 spiro atoms. The summed E-state index contributed by atoms with van der Waals surface area (Å²) in [6.07, 6.45) is 12.3. The average molecular weight is 413 g/mol. The van der Waals surface area contributed by atoms with Gasteiger partial charge in [0.1, 0.15) is 0 Å². The van der Waals surface area contributed by atoms with Crippen LogP contribution in [0.1, 0.15) is 75.8 Å². The van der Waals surface area contributed by atoms with Crippen molar-refractivity contribution in [3.05, 3.63) is 71.3 Å². The number of rotatable bonds is 9. The zero-order valence-electron chi connectivity index (χ0n) is 18.3. The summed E-state index contributed by atoms with van der Waals surface area (Å²) in [7, 11) is 0. The lowest BCUT2D eigenvalue weighted by Crippen LogP contribution is -2.21. The molecule has 0 aliphatic heterocycles. The molecular weight excluding hydrogens is 378 g/mol. The van der Waals surface area contributed by atoms with Crippen LogP contribution in [0.25, 0.3) is 11.1 Å². The molecule has 0 heterocycles. The van der Waals surface area contributed by atoms with E-state index >= 15 is 0 Å². The van der Waals surface area contributed by atoms with Gasteiger partial charge in [-0.3, -0.25) is 0 Å². The maximum atomic E-state index is 14.7. The number of allylic oxidation sites excluding steroid dienone is 2. The molecule has 0 bridgehead atoms. The van der Waals surface area contributed by atoms with E-state index in [1.165, 1.54) is 12.0 Å². The maximum Gasteiger partial charge on any atom is 0.166 e. The fourth-order valence-electron chi connectivity index (χ4n) is 4.30. The first-order valence-electron chi connectivity index (χ1n) is 11.4. The lowest BCUT2D eigenvalue weighted by Gasteiger charge is -2.29. The topological polar surface area (TPSA) is 9.23 Å². The molecule has 1 fully saturated rings. The molecule has 0 aromatic heterocycles. The van der Waals surface area contributed by atoms with Gasteiger partial charge in [-0.25, -0.2) is 8.78 Å². The van der Waals surface area contributed by atoms with Gasteiger partial charge >= 0.3 is 0 Å². The van der Waals surface area contributed by atoms with Crippen LogP contribution in [-0.4, -0.2) is 12.7 Å². The summed E-state index contributed by atoms with van der Waals surface area (Å²) in [6.45, 7) is 4.98.